The topological polar surface area (TPSA) is 273 Å². The second-order valence-electron chi connectivity index (χ2n) is 16.7. The summed E-state index contributed by atoms with van der Waals surface area (Å²) in [5.74, 6) is -6.30. The van der Waals surface area contributed by atoms with Gasteiger partial charge < -0.3 is 42.6 Å². The highest BCUT2D eigenvalue weighted by Gasteiger charge is 2.44. The third-order valence-corrected chi connectivity index (χ3v) is 12.6. The molecule has 2 aromatic rings. The molecular formula is C47H74F2N6O9S. The molecule has 0 aliphatic carbocycles. The summed E-state index contributed by atoms with van der Waals surface area (Å²) in [6.45, 7) is 4.36. The number of nitrogens with zero attached hydrogens (tertiary/aromatic N) is 1. The van der Waals surface area contributed by atoms with Crippen LogP contribution >= 0.6 is 0 Å². The van der Waals surface area contributed by atoms with Crippen LogP contribution in [0.15, 0.2) is 51.9 Å². The Hall–Kier alpha value is -4.49. The molecule has 3 unspecified atom stereocenters. The minimum atomic E-state index is -3.89. The Morgan fingerprint density at radius 1 is 0.785 bits per heavy atom. The highest BCUT2D eigenvalue weighted by molar-refractivity contribution is 7.89. The molecule has 0 aliphatic heterocycles. The average Bonchev–Trinajstić information content (AvgIpc) is 3.25. The van der Waals surface area contributed by atoms with Crippen LogP contribution in [0.25, 0.3) is 6.08 Å². The lowest BCUT2D eigenvalue weighted by molar-refractivity contribution is -0.159. The fourth-order valence-corrected chi connectivity index (χ4v) is 8.35. The van der Waals surface area contributed by atoms with E-state index in [2.05, 4.69) is 16.6 Å². The molecule has 0 aliphatic rings. The summed E-state index contributed by atoms with van der Waals surface area (Å²) in [6.07, 6.45) is 20.5. The molecule has 2 rings (SSSR count). The van der Waals surface area contributed by atoms with Crippen molar-refractivity contribution < 1.29 is 51.3 Å². The first-order valence-corrected chi connectivity index (χ1v) is 24.6. The van der Waals surface area contributed by atoms with Crippen molar-refractivity contribution in [3.05, 3.63) is 59.2 Å². The molecule has 0 heterocycles. The fraction of sp³-hybridized carbons (Fsp3) is 0.617. The predicted octanol–water partition coefficient (Wildman–Crippen LogP) is 7.29. The summed E-state index contributed by atoms with van der Waals surface area (Å²) < 4.78 is 70.3. The highest BCUT2D eigenvalue weighted by Crippen LogP contribution is 2.30. The summed E-state index contributed by atoms with van der Waals surface area (Å²) in [7, 11) is -3.89. The van der Waals surface area contributed by atoms with Gasteiger partial charge in [-0.25, -0.2) is 21.9 Å². The van der Waals surface area contributed by atoms with Gasteiger partial charge in [0, 0.05) is 18.7 Å². The number of nitrogens with two attached hydrogens (primary N) is 4. The summed E-state index contributed by atoms with van der Waals surface area (Å²) in [5.41, 5.74) is 18.4. The summed E-state index contributed by atoms with van der Waals surface area (Å²) >= 11 is 0. The molecule has 0 radical (unpaired) electrons. The number of sulfonamides is 1. The minimum absolute atomic E-state index is 0.0143. The van der Waals surface area contributed by atoms with E-state index >= 15 is 0 Å². The summed E-state index contributed by atoms with van der Waals surface area (Å²) in [5, 5.41) is 20.1. The zero-order valence-corrected chi connectivity index (χ0v) is 39.2. The van der Waals surface area contributed by atoms with E-state index < -0.39 is 62.8 Å². The van der Waals surface area contributed by atoms with Crippen molar-refractivity contribution in [2.45, 2.75) is 178 Å². The maximum atomic E-state index is 14.9. The largest absolute Gasteiger partial charge is 0.451 e. The number of guanidine groups is 1. The van der Waals surface area contributed by atoms with Crippen LogP contribution in [0, 0.1) is 11.6 Å². The lowest BCUT2D eigenvalue weighted by Crippen LogP contribution is -2.57. The van der Waals surface area contributed by atoms with Crippen LogP contribution in [0.5, 0.6) is 11.5 Å². The number of hydrogen-bond donors (Lipinski definition) is 7. The van der Waals surface area contributed by atoms with E-state index in [0.29, 0.717) is 19.4 Å². The molecule has 0 aromatic heterocycles. The minimum Gasteiger partial charge on any atom is -0.451 e. The molecule has 0 spiro atoms. The third-order valence-electron chi connectivity index (χ3n) is 11.2. The van der Waals surface area contributed by atoms with Crippen LogP contribution < -0.4 is 32.4 Å². The summed E-state index contributed by atoms with van der Waals surface area (Å²) in [6, 6.07) is 7.16. The second-order valence-corrected chi connectivity index (χ2v) is 18.5. The molecule has 11 N–H and O–H groups in total. The zero-order chi connectivity index (χ0) is 48.3. The Morgan fingerprint density at radius 3 is 1.78 bits per heavy atom. The standard InChI is InChI=1S/C47H74F2N6O9S/c1-3-4-5-21-30-63-36(22-19-17-15-13-11-9-7-6-8-10-12-14-16-18-20-28-47(60,45(51)59)42(56)43(50)57)27-29-54-65(61,62)38-25-23-37(24-26-38)64-41-39(48)32-35(33-40(41)49)31-34(2)44(58)55-46(52)53/h23-26,31-33,36,42,54,56,60H,3-22,27-30H2,1-2H3,(H2,50,57)(H2,51,59)(H4,52,53,55,58)/b34-31+. The number of aliphatic hydroxyl groups is 2. The van der Waals surface area contributed by atoms with Gasteiger partial charge >= 0.3 is 0 Å². The van der Waals surface area contributed by atoms with Gasteiger partial charge in [-0.2, -0.15) is 4.99 Å². The lowest BCUT2D eigenvalue weighted by Gasteiger charge is -2.27. The molecule has 0 saturated carbocycles. The van der Waals surface area contributed by atoms with Crippen molar-refractivity contribution in [3.63, 3.8) is 0 Å². The zero-order valence-electron chi connectivity index (χ0n) is 38.3. The molecular weight excluding hydrogens is 863 g/mol. The van der Waals surface area contributed by atoms with Gasteiger partial charge in [0.2, 0.25) is 15.9 Å². The van der Waals surface area contributed by atoms with Crippen LogP contribution in [0.1, 0.15) is 161 Å². The van der Waals surface area contributed by atoms with Crippen molar-refractivity contribution >= 4 is 39.8 Å². The van der Waals surface area contributed by atoms with Gasteiger partial charge in [0.1, 0.15) is 5.75 Å². The van der Waals surface area contributed by atoms with Crippen molar-refractivity contribution in [3.8, 4) is 11.5 Å². The Bertz CT molecular complexity index is 1910. The Labute approximate surface area is 384 Å². The number of nitrogens with one attached hydrogen (secondary N) is 1. The number of benzene rings is 2. The lowest BCUT2D eigenvalue weighted by atomic mass is 9.88. The molecule has 2 aromatic carbocycles. The monoisotopic (exact) mass is 937 g/mol. The quantitative estimate of drug-likeness (QED) is 0.0154. The van der Waals surface area contributed by atoms with Crippen LogP contribution in [-0.4, -0.2) is 73.3 Å². The van der Waals surface area contributed by atoms with Gasteiger partial charge in [0.05, 0.1) is 11.0 Å². The molecule has 3 atom stereocenters. The number of halogens is 2. The van der Waals surface area contributed by atoms with Crippen molar-refractivity contribution in [1.29, 1.82) is 0 Å². The van der Waals surface area contributed by atoms with Crippen LogP contribution in [0.2, 0.25) is 0 Å². The van der Waals surface area contributed by atoms with Gasteiger partial charge in [0.25, 0.3) is 11.8 Å². The number of ether oxygens (including phenoxy) is 2. The number of hydrogen-bond acceptors (Lipinski definition) is 9. The molecule has 0 saturated heterocycles. The molecule has 0 fully saturated rings. The molecule has 0 bridgehead atoms. The van der Waals surface area contributed by atoms with Gasteiger partial charge in [-0.15, -0.1) is 0 Å². The predicted molar refractivity (Wildman–Crippen MR) is 249 cm³/mol. The van der Waals surface area contributed by atoms with Gasteiger partial charge in [-0.3, -0.25) is 14.4 Å². The maximum absolute atomic E-state index is 14.9. The Kier molecular flexibility index (Phi) is 26.7. The average molecular weight is 937 g/mol. The second kappa shape index (κ2) is 30.7. The Morgan fingerprint density at radius 2 is 1.29 bits per heavy atom. The molecule has 18 heteroatoms. The number of carbonyl (C=O) groups excluding carboxylic acids is 3. The smallest absolute Gasteiger partial charge is 0.275 e. The van der Waals surface area contributed by atoms with E-state index in [9.17, 15) is 41.8 Å². The van der Waals surface area contributed by atoms with E-state index in [1.165, 1.54) is 75.8 Å². The van der Waals surface area contributed by atoms with E-state index in [1.54, 1.807) is 0 Å². The number of carbonyl (C=O) groups is 3. The molecule has 366 valence electrons. The number of unbranched alkanes of at least 4 members (excludes halogenated alkanes) is 17. The number of aliphatic imine (C=N–C) groups is 1. The van der Waals surface area contributed by atoms with Crippen molar-refractivity contribution in [1.82, 2.24) is 4.72 Å². The van der Waals surface area contributed by atoms with Gasteiger partial charge in [-0.1, -0.05) is 116 Å². The van der Waals surface area contributed by atoms with E-state index in [0.717, 1.165) is 95.6 Å². The molecule has 15 nitrogen and oxygen atoms in total. The highest BCUT2D eigenvalue weighted by atomic mass is 32.2. The number of aliphatic hydroxyl groups excluding tert-OH is 1. The molecule has 3 amide bonds. The Balaban J connectivity index is 1.70. The first kappa shape index (κ1) is 56.6. The number of rotatable bonds is 36. The van der Waals surface area contributed by atoms with E-state index in [1.807, 2.05) is 0 Å². The van der Waals surface area contributed by atoms with Gasteiger partial charge in [-0.05, 0) is 87.1 Å². The first-order valence-electron chi connectivity index (χ1n) is 23.1. The van der Waals surface area contributed by atoms with Crippen molar-refractivity contribution in [2.75, 3.05) is 13.2 Å². The van der Waals surface area contributed by atoms with E-state index in [4.69, 9.17) is 32.4 Å². The SMILES string of the molecule is CCCCCCOC(CCCCCCCCCCCCCCCCCC(O)(C(N)=O)C(O)C(N)=O)CCNS(=O)(=O)c1ccc(Oc2c(F)cc(/C=C(\C)C(=O)N=C(N)N)cc2F)cc1. The van der Waals surface area contributed by atoms with Crippen molar-refractivity contribution in [2.24, 2.45) is 27.9 Å². The molecule has 65 heavy (non-hydrogen) atoms. The normalized spacial score (nSPS) is 13.8. The van der Waals surface area contributed by atoms with E-state index in [-0.39, 0.29) is 40.9 Å². The number of primary amides is 2. The summed E-state index contributed by atoms with van der Waals surface area (Å²) in [4.78, 5) is 38.1. The van der Waals surface area contributed by atoms with Gasteiger partial charge in [0.15, 0.2) is 35.0 Å². The van der Waals surface area contributed by atoms with Crippen LogP contribution in [-0.2, 0) is 29.1 Å². The number of amides is 3. The first-order chi connectivity index (χ1) is 30.9. The maximum Gasteiger partial charge on any atom is 0.275 e. The third kappa shape index (κ3) is 22.0. The van der Waals surface area contributed by atoms with Crippen LogP contribution in [0.4, 0.5) is 8.78 Å². The fourth-order valence-electron chi connectivity index (χ4n) is 7.30. The van der Waals surface area contributed by atoms with Crippen LogP contribution in [0.3, 0.4) is 0 Å².